The smallest absolute Gasteiger partial charge is 0.136 e. The number of benzene rings is 10. The van der Waals surface area contributed by atoms with Gasteiger partial charge in [0.15, 0.2) is 0 Å². The zero-order valence-electron chi connectivity index (χ0n) is 35.5. The second-order valence-corrected chi connectivity index (χ2v) is 17.7. The molecule has 0 spiro atoms. The summed E-state index contributed by atoms with van der Waals surface area (Å²) >= 11 is 0. The largest absolute Gasteiger partial charge is 0.456 e. The molecule has 64 heavy (non-hydrogen) atoms. The van der Waals surface area contributed by atoms with Gasteiger partial charge in [0.2, 0.25) is 0 Å². The Kier molecular flexibility index (Phi) is 7.95. The van der Waals surface area contributed by atoms with Crippen molar-refractivity contribution in [1.29, 1.82) is 0 Å². The molecule has 10 aromatic carbocycles. The summed E-state index contributed by atoms with van der Waals surface area (Å²) in [6, 6.07) is 76.8. The Morgan fingerprint density at radius 1 is 0.344 bits per heavy atom. The van der Waals surface area contributed by atoms with Crippen molar-refractivity contribution >= 4 is 71.7 Å². The fourth-order valence-corrected chi connectivity index (χ4v) is 10.6. The molecule has 0 bridgehead atoms. The topological polar surface area (TPSA) is 29.5 Å². The van der Waals surface area contributed by atoms with Crippen molar-refractivity contribution in [2.45, 2.75) is 19.3 Å². The van der Waals surface area contributed by atoms with Crippen molar-refractivity contribution in [3.8, 4) is 44.5 Å². The Balaban J connectivity index is 0.946. The first-order valence-corrected chi connectivity index (χ1v) is 22.1. The number of para-hydroxylation sites is 2. The average Bonchev–Trinajstić information content (AvgIpc) is 3.98. The summed E-state index contributed by atoms with van der Waals surface area (Å²) in [5, 5.41) is 6.86. The van der Waals surface area contributed by atoms with Gasteiger partial charge in [-0.15, -0.1) is 0 Å². The lowest BCUT2D eigenvalue weighted by Gasteiger charge is -2.28. The highest BCUT2D eigenvalue weighted by molar-refractivity contribution is 6.11. The Bertz CT molecular complexity index is 3810. The van der Waals surface area contributed by atoms with Crippen molar-refractivity contribution in [2.24, 2.45) is 0 Å². The minimum atomic E-state index is -0.113. The van der Waals surface area contributed by atoms with Crippen LogP contribution in [0.5, 0.6) is 0 Å². The van der Waals surface area contributed by atoms with Gasteiger partial charge >= 0.3 is 0 Å². The van der Waals surface area contributed by atoms with Crippen LogP contribution in [0.15, 0.2) is 221 Å². The third-order valence-corrected chi connectivity index (χ3v) is 13.6. The highest BCUT2D eigenvalue weighted by Gasteiger charge is 2.37. The van der Waals surface area contributed by atoms with Crippen molar-refractivity contribution in [3.63, 3.8) is 0 Å². The maximum Gasteiger partial charge on any atom is 0.136 e. The fourth-order valence-electron chi connectivity index (χ4n) is 10.6. The van der Waals surface area contributed by atoms with Crippen LogP contribution in [0, 0.1) is 0 Å². The molecule has 2 heterocycles. The molecule has 0 saturated carbocycles. The van der Waals surface area contributed by atoms with E-state index in [1.807, 2.05) is 12.1 Å². The summed E-state index contributed by atoms with van der Waals surface area (Å²) in [7, 11) is 0. The molecule has 13 rings (SSSR count). The quantitative estimate of drug-likeness (QED) is 0.167. The lowest BCUT2D eigenvalue weighted by atomic mass is 9.79. The van der Waals surface area contributed by atoms with Crippen molar-refractivity contribution in [3.05, 3.63) is 223 Å². The third-order valence-electron chi connectivity index (χ3n) is 13.6. The van der Waals surface area contributed by atoms with Crippen LogP contribution in [-0.2, 0) is 5.41 Å². The standard InChI is InChI=1S/C61H41NO2/c1-61(2)54-19-8-5-15-48(54)50-18-11-17-47(60(50)61)39-24-30-45(31-25-39)62(44-28-22-38(23-29-44)42-26-32-57-51(35-42)49-16-7-10-21-56(49)63-57)55-20-9-6-14-46(55)43-27-33-58-52(36-43)53-34-40-12-3-4-13-41(40)37-59(53)64-58/h3-37H,1-2H3. The van der Waals surface area contributed by atoms with Gasteiger partial charge in [0.1, 0.15) is 22.3 Å². The van der Waals surface area contributed by atoms with Gasteiger partial charge in [0.05, 0.1) is 5.69 Å². The molecular weight excluding hydrogens is 779 g/mol. The van der Waals surface area contributed by atoms with Crippen molar-refractivity contribution in [1.82, 2.24) is 0 Å². The van der Waals surface area contributed by atoms with E-state index < -0.39 is 0 Å². The molecule has 0 fully saturated rings. The van der Waals surface area contributed by atoms with Gasteiger partial charge < -0.3 is 13.7 Å². The van der Waals surface area contributed by atoms with Crippen LogP contribution in [0.2, 0.25) is 0 Å². The number of fused-ring (bicyclic) bond motifs is 10. The van der Waals surface area contributed by atoms with E-state index in [4.69, 9.17) is 8.83 Å². The Labute approximate surface area is 371 Å². The maximum absolute atomic E-state index is 6.45. The highest BCUT2D eigenvalue weighted by Crippen LogP contribution is 2.52. The summed E-state index contributed by atoms with van der Waals surface area (Å²) in [6.07, 6.45) is 0. The zero-order valence-corrected chi connectivity index (χ0v) is 35.5. The summed E-state index contributed by atoms with van der Waals surface area (Å²) in [5.74, 6) is 0. The number of rotatable bonds is 6. The molecule has 3 heteroatoms. The van der Waals surface area contributed by atoms with Gasteiger partial charge in [-0.3, -0.25) is 0 Å². The molecule has 302 valence electrons. The second kappa shape index (κ2) is 13.9. The Morgan fingerprint density at radius 2 is 0.875 bits per heavy atom. The van der Waals surface area contributed by atoms with Gasteiger partial charge in [0.25, 0.3) is 0 Å². The molecule has 0 N–H and O–H groups in total. The van der Waals surface area contributed by atoms with Crippen molar-refractivity contribution < 1.29 is 8.83 Å². The molecule has 0 aliphatic heterocycles. The molecule has 3 nitrogen and oxygen atoms in total. The average molecular weight is 820 g/mol. The van der Waals surface area contributed by atoms with Crippen LogP contribution >= 0.6 is 0 Å². The molecule has 0 amide bonds. The predicted molar refractivity (Wildman–Crippen MR) is 267 cm³/mol. The highest BCUT2D eigenvalue weighted by atomic mass is 16.3. The molecule has 2 aromatic heterocycles. The number of nitrogens with zero attached hydrogens (tertiary/aromatic N) is 1. The maximum atomic E-state index is 6.45. The Morgan fingerprint density at radius 3 is 1.67 bits per heavy atom. The summed E-state index contributed by atoms with van der Waals surface area (Å²) < 4.78 is 12.6. The van der Waals surface area contributed by atoms with Crippen LogP contribution in [-0.4, -0.2) is 0 Å². The SMILES string of the molecule is CC1(C)c2ccccc2-c2cccc(-c3ccc(N(c4ccc(-c5ccc6oc7ccccc7c6c5)cc4)c4ccccc4-c4ccc5oc6cc7ccccc7cc6c5c4)cc3)c21. The molecule has 1 aliphatic carbocycles. The van der Waals surface area contributed by atoms with E-state index in [1.165, 1.54) is 44.2 Å². The molecule has 0 saturated heterocycles. The van der Waals surface area contributed by atoms with Crippen LogP contribution < -0.4 is 4.90 Å². The van der Waals surface area contributed by atoms with E-state index in [1.54, 1.807) is 0 Å². The van der Waals surface area contributed by atoms with Crippen LogP contribution in [0.25, 0.3) is 99.2 Å². The van der Waals surface area contributed by atoms with E-state index in [0.717, 1.165) is 83.2 Å². The van der Waals surface area contributed by atoms with E-state index in [9.17, 15) is 0 Å². The van der Waals surface area contributed by atoms with Crippen molar-refractivity contribution in [2.75, 3.05) is 4.90 Å². The van der Waals surface area contributed by atoms with E-state index >= 15 is 0 Å². The normalized spacial score (nSPS) is 13.0. The summed E-state index contributed by atoms with van der Waals surface area (Å²) in [4.78, 5) is 2.40. The number of hydrogen-bond donors (Lipinski definition) is 0. The van der Waals surface area contributed by atoms with E-state index in [-0.39, 0.29) is 5.41 Å². The first-order valence-electron chi connectivity index (χ1n) is 22.1. The summed E-state index contributed by atoms with van der Waals surface area (Å²) in [5.41, 5.74) is 19.2. The third kappa shape index (κ3) is 5.60. The van der Waals surface area contributed by atoms with Gasteiger partial charge in [0, 0.05) is 43.9 Å². The van der Waals surface area contributed by atoms with Crippen LogP contribution in [0.3, 0.4) is 0 Å². The first-order chi connectivity index (χ1) is 31.5. The number of furan rings is 2. The number of anilines is 3. The van der Waals surface area contributed by atoms with Gasteiger partial charge in [-0.2, -0.15) is 0 Å². The molecular formula is C61H41NO2. The monoisotopic (exact) mass is 819 g/mol. The second-order valence-electron chi connectivity index (χ2n) is 17.7. The van der Waals surface area contributed by atoms with E-state index in [2.05, 4.69) is 219 Å². The minimum Gasteiger partial charge on any atom is -0.456 e. The van der Waals surface area contributed by atoms with Crippen LogP contribution in [0.4, 0.5) is 17.1 Å². The Hall–Kier alpha value is -8.14. The van der Waals surface area contributed by atoms with Gasteiger partial charge in [-0.1, -0.05) is 153 Å². The lowest BCUT2D eigenvalue weighted by Crippen LogP contribution is -2.16. The van der Waals surface area contributed by atoms with Gasteiger partial charge in [-0.05, 0) is 134 Å². The number of hydrogen-bond acceptors (Lipinski definition) is 3. The molecule has 12 aromatic rings. The molecule has 0 atom stereocenters. The lowest BCUT2D eigenvalue weighted by molar-refractivity contribution is 0.662. The van der Waals surface area contributed by atoms with Gasteiger partial charge in [-0.25, -0.2) is 0 Å². The molecule has 0 unspecified atom stereocenters. The molecule has 0 radical (unpaired) electrons. The molecule has 1 aliphatic rings. The fraction of sp³-hybridized carbons (Fsp3) is 0.0492. The first kappa shape index (κ1) is 36.5. The zero-order chi connectivity index (χ0) is 42.5. The minimum absolute atomic E-state index is 0.113. The predicted octanol–water partition coefficient (Wildman–Crippen LogP) is 17.4. The summed E-state index contributed by atoms with van der Waals surface area (Å²) in [6.45, 7) is 4.72. The van der Waals surface area contributed by atoms with E-state index in [0.29, 0.717) is 0 Å². The van der Waals surface area contributed by atoms with Crippen LogP contribution in [0.1, 0.15) is 25.0 Å².